The molecule has 1 heterocycles. The normalized spacial score (nSPS) is 11.0. The van der Waals surface area contributed by atoms with Gasteiger partial charge in [-0.25, -0.2) is 0 Å². The summed E-state index contributed by atoms with van der Waals surface area (Å²) in [6.45, 7) is 2.24. The molecule has 70 heavy (non-hydrogen) atoms. The Balaban J connectivity index is 0.901. The van der Waals surface area contributed by atoms with Crippen LogP contribution in [-0.4, -0.2) is 5.75 Å². The average Bonchev–Trinajstić information content (AvgIpc) is 3.87. The summed E-state index contributed by atoms with van der Waals surface area (Å²) in [7, 11) is 0. The van der Waals surface area contributed by atoms with Gasteiger partial charge in [-0.2, -0.15) is 0 Å². The molecule has 1 aromatic heterocycles. The van der Waals surface area contributed by atoms with E-state index in [-0.39, 0.29) is 0 Å². The lowest BCUT2D eigenvalue weighted by atomic mass is 10.0. The van der Waals surface area contributed by atoms with Crippen molar-refractivity contribution < 1.29 is 0 Å². The Kier molecular flexibility index (Phi) is 13.1. The van der Waals surface area contributed by atoms with Crippen molar-refractivity contribution in [3.8, 4) is 65.4 Å². The van der Waals surface area contributed by atoms with Crippen LogP contribution in [-0.2, 0) is 0 Å². The summed E-state index contributed by atoms with van der Waals surface area (Å²) in [6.07, 6.45) is 0. The minimum absolute atomic E-state index is 0.993. The molecule has 0 aliphatic heterocycles. The molecule has 0 spiro atoms. The third kappa shape index (κ3) is 9.61. The Hall–Kier alpha value is -8.15. The first-order chi connectivity index (χ1) is 34.6. The van der Waals surface area contributed by atoms with Crippen molar-refractivity contribution in [3.05, 3.63) is 273 Å². The Morgan fingerprint density at radius 3 is 0.800 bits per heavy atom. The van der Waals surface area contributed by atoms with E-state index in [0.717, 1.165) is 39.9 Å². The number of benzene rings is 10. The van der Waals surface area contributed by atoms with Gasteiger partial charge < -0.3 is 9.80 Å². The van der Waals surface area contributed by atoms with E-state index in [4.69, 9.17) is 0 Å². The summed E-state index contributed by atoms with van der Waals surface area (Å²) in [5.41, 5.74) is 18.7. The van der Waals surface area contributed by atoms with E-state index in [9.17, 15) is 0 Å². The van der Waals surface area contributed by atoms with Gasteiger partial charge in [0.25, 0.3) is 0 Å². The molecule has 0 aliphatic carbocycles. The highest BCUT2D eigenvalue weighted by Crippen LogP contribution is 2.46. The molecule has 0 fully saturated rings. The molecule has 336 valence electrons. The van der Waals surface area contributed by atoms with E-state index in [2.05, 4.69) is 290 Å². The maximum absolute atomic E-state index is 2.38. The molecule has 11 rings (SSSR count). The Bertz CT molecular complexity index is 3240. The number of thioether (sulfide) groups is 1. The van der Waals surface area contributed by atoms with Crippen LogP contribution >= 0.6 is 23.1 Å². The van der Waals surface area contributed by atoms with E-state index in [1.807, 2.05) is 23.1 Å². The molecule has 0 saturated carbocycles. The molecule has 0 saturated heterocycles. The number of nitrogens with zero attached hydrogens (tertiary/aromatic N) is 2. The highest BCUT2D eigenvalue weighted by atomic mass is 32.2. The largest absolute Gasteiger partial charge is 0.311 e. The first kappa shape index (κ1) is 44.4. The van der Waals surface area contributed by atoms with Crippen molar-refractivity contribution in [1.29, 1.82) is 0 Å². The predicted octanol–water partition coefficient (Wildman–Crippen LogP) is 19.8. The summed E-state index contributed by atoms with van der Waals surface area (Å²) < 4.78 is 0. The van der Waals surface area contributed by atoms with Crippen molar-refractivity contribution in [2.45, 2.75) is 11.8 Å². The van der Waals surface area contributed by atoms with Gasteiger partial charge in [-0.15, -0.1) is 23.1 Å². The lowest BCUT2D eigenvalue weighted by Crippen LogP contribution is -2.09. The second-order valence-corrected chi connectivity index (χ2v) is 19.5. The third-order valence-corrected chi connectivity index (χ3v) is 15.0. The lowest BCUT2D eigenvalue weighted by Gasteiger charge is -2.26. The smallest absolute Gasteiger partial charge is 0.0485 e. The Morgan fingerprint density at radius 2 is 0.529 bits per heavy atom. The Morgan fingerprint density at radius 1 is 0.286 bits per heavy atom. The maximum atomic E-state index is 2.38. The van der Waals surface area contributed by atoms with Crippen LogP contribution in [0.25, 0.3) is 65.4 Å². The van der Waals surface area contributed by atoms with Crippen molar-refractivity contribution in [2.75, 3.05) is 15.6 Å². The second kappa shape index (κ2) is 20.6. The van der Waals surface area contributed by atoms with Crippen LogP contribution in [0.3, 0.4) is 0 Å². The Labute approximate surface area is 420 Å². The minimum Gasteiger partial charge on any atom is -0.311 e. The van der Waals surface area contributed by atoms with Gasteiger partial charge in [-0.1, -0.05) is 201 Å². The average molecular weight is 935 g/mol. The summed E-state index contributed by atoms with van der Waals surface area (Å²) in [6, 6.07) is 98.6. The highest BCUT2D eigenvalue weighted by molar-refractivity contribution is 7.99. The topological polar surface area (TPSA) is 6.48 Å². The summed E-state index contributed by atoms with van der Waals surface area (Å²) in [5.74, 6) is 0.993. The van der Waals surface area contributed by atoms with E-state index in [1.165, 1.54) is 70.3 Å². The second-order valence-electron chi connectivity index (χ2n) is 17.2. The standard InChI is InChI=1S/C66H50N2S2/c1-2-69-65-47-64(56-31-43-62(44-32-56)67(58-35-23-52(24-36-58)48-15-7-3-8-16-48)59-37-25-53(26-38-59)49-17-9-4-10-18-49)70-66(65)57-33-45-63(46-34-57)68(60-39-27-54(28-40-60)50-19-11-5-12-20-50)61-41-29-55(30-42-61)51-21-13-6-14-22-51/h3-47H,2H2,1H3. The molecular weight excluding hydrogens is 885 g/mol. The zero-order valence-corrected chi connectivity index (χ0v) is 40.5. The summed E-state index contributed by atoms with van der Waals surface area (Å²) in [4.78, 5) is 8.57. The van der Waals surface area contributed by atoms with Gasteiger partial charge in [0.1, 0.15) is 0 Å². The van der Waals surface area contributed by atoms with Gasteiger partial charge in [0.2, 0.25) is 0 Å². The molecule has 0 bridgehead atoms. The fourth-order valence-electron chi connectivity index (χ4n) is 9.15. The number of rotatable bonds is 14. The van der Waals surface area contributed by atoms with Crippen molar-refractivity contribution >= 4 is 57.2 Å². The molecule has 0 amide bonds. The molecule has 0 N–H and O–H groups in total. The van der Waals surface area contributed by atoms with E-state index in [1.54, 1.807) is 0 Å². The van der Waals surface area contributed by atoms with Gasteiger partial charge in [0, 0.05) is 48.8 Å². The molecule has 4 heteroatoms. The number of thiophene rings is 1. The molecule has 0 atom stereocenters. The van der Waals surface area contributed by atoms with Crippen LogP contribution in [0.15, 0.2) is 278 Å². The monoisotopic (exact) mass is 934 g/mol. The molecule has 2 nitrogen and oxygen atoms in total. The van der Waals surface area contributed by atoms with E-state index < -0.39 is 0 Å². The SMILES string of the molecule is CCSc1cc(-c2ccc(N(c3ccc(-c4ccccc4)cc3)c3ccc(-c4ccccc4)cc3)cc2)sc1-c1ccc(N(c2ccc(-c3ccccc3)cc2)c2ccc(-c3ccccc3)cc2)cc1. The molecule has 0 radical (unpaired) electrons. The van der Waals surface area contributed by atoms with Crippen LogP contribution in [0.5, 0.6) is 0 Å². The van der Waals surface area contributed by atoms with Crippen molar-refractivity contribution in [2.24, 2.45) is 0 Å². The fourth-order valence-corrected chi connectivity index (χ4v) is 11.3. The van der Waals surface area contributed by atoms with Crippen LogP contribution in [0, 0.1) is 0 Å². The molecule has 0 unspecified atom stereocenters. The fraction of sp³-hybridized carbons (Fsp3) is 0.0303. The minimum atomic E-state index is 0.993. The van der Waals surface area contributed by atoms with Crippen molar-refractivity contribution in [1.82, 2.24) is 0 Å². The van der Waals surface area contributed by atoms with E-state index in [0.29, 0.717) is 0 Å². The lowest BCUT2D eigenvalue weighted by molar-refractivity contribution is 1.28. The van der Waals surface area contributed by atoms with Gasteiger partial charge in [-0.3, -0.25) is 0 Å². The van der Waals surface area contributed by atoms with Crippen LogP contribution < -0.4 is 9.80 Å². The molecule has 10 aromatic carbocycles. The van der Waals surface area contributed by atoms with Crippen LogP contribution in [0.1, 0.15) is 6.92 Å². The molecular formula is C66H50N2S2. The summed E-state index contributed by atoms with van der Waals surface area (Å²) >= 11 is 3.78. The van der Waals surface area contributed by atoms with E-state index >= 15 is 0 Å². The molecule has 0 aliphatic rings. The maximum Gasteiger partial charge on any atom is 0.0485 e. The quantitative estimate of drug-likeness (QED) is 0.100. The van der Waals surface area contributed by atoms with Crippen molar-refractivity contribution in [3.63, 3.8) is 0 Å². The first-order valence-corrected chi connectivity index (χ1v) is 25.7. The predicted molar refractivity (Wildman–Crippen MR) is 303 cm³/mol. The van der Waals surface area contributed by atoms with Crippen LogP contribution in [0.4, 0.5) is 34.1 Å². The zero-order valence-electron chi connectivity index (χ0n) is 38.9. The zero-order chi connectivity index (χ0) is 47.1. The van der Waals surface area contributed by atoms with Crippen LogP contribution in [0.2, 0.25) is 0 Å². The van der Waals surface area contributed by atoms with Gasteiger partial charge in [0.05, 0.1) is 0 Å². The summed E-state index contributed by atoms with van der Waals surface area (Å²) in [5, 5.41) is 0. The third-order valence-electron chi connectivity index (χ3n) is 12.7. The van der Waals surface area contributed by atoms with Gasteiger partial charge in [0.15, 0.2) is 0 Å². The number of hydrogen-bond acceptors (Lipinski definition) is 4. The van der Waals surface area contributed by atoms with Gasteiger partial charge >= 0.3 is 0 Å². The van der Waals surface area contributed by atoms with Gasteiger partial charge in [-0.05, 0) is 140 Å². The molecule has 11 aromatic rings. The first-order valence-electron chi connectivity index (χ1n) is 23.8. The highest BCUT2D eigenvalue weighted by Gasteiger charge is 2.18. The number of hydrogen-bond donors (Lipinski definition) is 0. The number of anilines is 6.